The van der Waals surface area contributed by atoms with Gasteiger partial charge >= 0.3 is 0 Å². The number of amidine groups is 1. The lowest BCUT2D eigenvalue weighted by molar-refractivity contribution is -0.121. The Hall–Kier alpha value is -2.89. The van der Waals surface area contributed by atoms with Crippen LogP contribution in [0.2, 0.25) is 0 Å². The van der Waals surface area contributed by atoms with Crippen molar-refractivity contribution in [1.29, 1.82) is 0 Å². The summed E-state index contributed by atoms with van der Waals surface area (Å²) < 4.78 is 0. The number of nitrogens with zero attached hydrogens (tertiary/aromatic N) is 5. The second-order valence-electron chi connectivity index (χ2n) is 6.91. The zero-order valence-corrected chi connectivity index (χ0v) is 14.7. The van der Waals surface area contributed by atoms with Crippen LogP contribution in [0, 0.1) is 6.92 Å². The molecular formula is C19H19N5O. The molecule has 0 fully saturated rings. The van der Waals surface area contributed by atoms with E-state index in [0.29, 0.717) is 5.84 Å². The first kappa shape index (κ1) is 15.6. The highest BCUT2D eigenvalue weighted by atomic mass is 16.2. The maximum Gasteiger partial charge on any atom is 0.242 e. The van der Waals surface area contributed by atoms with E-state index in [-0.39, 0.29) is 12.1 Å². The van der Waals surface area contributed by atoms with Crippen LogP contribution < -0.4 is 4.90 Å². The first-order chi connectivity index (χ1) is 11.9. The number of carbonyl (C=O) groups excluding carboxylic acids is 1. The summed E-state index contributed by atoms with van der Waals surface area (Å²) in [5.74, 6) is 1.34. The van der Waals surface area contributed by atoms with Gasteiger partial charge in [0.15, 0.2) is 5.84 Å². The minimum atomic E-state index is -0.597. The standard InChI is InChI=1S/C19H19N5O/c1-11-20-8-14(9-21-11)13-5-6-15-16(7-13)24(18(25)19(15,3)4)17-10-22-12(2)23-17/h5-10,12H,1-4H3. The molecule has 1 amide bonds. The third-order valence-corrected chi connectivity index (χ3v) is 4.72. The lowest BCUT2D eigenvalue weighted by atomic mass is 9.85. The predicted octanol–water partition coefficient (Wildman–Crippen LogP) is 2.91. The van der Waals surface area contributed by atoms with Gasteiger partial charge in [-0.2, -0.15) is 0 Å². The number of hydrogen-bond donors (Lipinski definition) is 0. The summed E-state index contributed by atoms with van der Waals surface area (Å²) in [5, 5.41) is 0. The van der Waals surface area contributed by atoms with E-state index in [1.807, 2.05) is 45.9 Å². The lowest BCUT2D eigenvalue weighted by Gasteiger charge is -2.19. The smallest absolute Gasteiger partial charge is 0.242 e. The Bertz CT molecular complexity index is 927. The number of amides is 1. The lowest BCUT2D eigenvalue weighted by Crippen LogP contribution is -2.40. The first-order valence-electron chi connectivity index (χ1n) is 8.27. The highest BCUT2D eigenvalue weighted by Gasteiger charge is 2.46. The van der Waals surface area contributed by atoms with E-state index in [9.17, 15) is 4.79 Å². The highest BCUT2D eigenvalue weighted by molar-refractivity contribution is 6.44. The maximum atomic E-state index is 13.0. The predicted molar refractivity (Wildman–Crippen MR) is 98.1 cm³/mol. The number of aromatic nitrogens is 2. The van der Waals surface area contributed by atoms with Gasteiger partial charge in [-0.3, -0.25) is 14.7 Å². The van der Waals surface area contributed by atoms with Crippen molar-refractivity contribution < 1.29 is 4.79 Å². The van der Waals surface area contributed by atoms with Crippen LogP contribution in [0.15, 0.2) is 40.6 Å². The van der Waals surface area contributed by atoms with Crippen molar-refractivity contribution in [2.45, 2.75) is 39.3 Å². The molecule has 0 saturated carbocycles. The van der Waals surface area contributed by atoms with Crippen molar-refractivity contribution in [3.8, 4) is 11.1 Å². The average molecular weight is 333 g/mol. The molecule has 3 heterocycles. The minimum Gasteiger partial charge on any atom is -0.273 e. The first-order valence-corrected chi connectivity index (χ1v) is 8.27. The molecule has 1 aromatic heterocycles. The molecule has 6 nitrogen and oxygen atoms in total. The molecule has 0 saturated heterocycles. The van der Waals surface area contributed by atoms with Crippen LogP contribution in [-0.2, 0) is 10.2 Å². The van der Waals surface area contributed by atoms with Crippen molar-refractivity contribution in [1.82, 2.24) is 9.97 Å². The van der Waals surface area contributed by atoms with Gasteiger partial charge in [0.1, 0.15) is 12.0 Å². The van der Waals surface area contributed by atoms with Crippen molar-refractivity contribution in [2.24, 2.45) is 9.98 Å². The van der Waals surface area contributed by atoms with Gasteiger partial charge in [-0.05, 0) is 44.9 Å². The summed E-state index contributed by atoms with van der Waals surface area (Å²) in [6.45, 7) is 7.64. The van der Waals surface area contributed by atoms with Crippen LogP contribution in [-0.4, -0.2) is 34.1 Å². The van der Waals surface area contributed by atoms with Crippen molar-refractivity contribution in [3.05, 3.63) is 42.0 Å². The third-order valence-electron chi connectivity index (χ3n) is 4.72. The highest BCUT2D eigenvalue weighted by Crippen LogP contribution is 2.43. The largest absolute Gasteiger partial charge is 0.273 e. The normalized spacial score (nSPS) is 20.8. The van der Waals surface area contributed by atoms with E-state index < -0.39 is 5.41 Å². The van der Waals surface area contributed by atoms with Gasteiger partial charge in [0.05, 0.1) is 17.3 Å². The Labute approximate surface area is 146 Å². The minimum absolute atomic E-state index is 0.0131. The fourth-order valence-electron chi connectivity index (χ4n) is 3.25. The SMILES string of the molecule is Cc1ncc(-c2ccc3c(c2)N(C2=NC(C)N=C2)C(=O)C3(C)C)cn1. The number of benzene rings is 1. The van der Waals surface area contributed by atoms with Crippen LogP contribution in [0.1, 0.15) is 32.2 Å². The van der Waals surface area contributed by atoms with Crippen molar-refractivity contribution >= 4 is 23.6 Å². The van der Waals surface area contributed by atoms with E-state index in [2.05, 4.69) is 20.0 Å². The number of hydrogen-bond acceptors (Lipinski definition) is 5. The summed E-state index contributed by atoms with van der Waals surface area (Å²) in [6.07, 6.45) is 5.12. The van der Waals surface area contributed by atoms with Gasteiger partial charge in [-0.15, -0.1) is 0 Å². The summed E-state index contributed by atoms with van der Waals surface area (Å²) in [6, 6.07) is 6.03. The second kappa shape index (κ2) is 5.31. The van der Waals surface area contributed by atoms with E-state index >= 15 is 0 Å². The van der Waals surface area contributed by atoms with Gasteiger partial charge < -0.3 is 0 Å². The summed E-state index contributed by atoms with van der Waals surface area (Å²) in [7, 11) is 0. The molecule has 0 bridgehead atoms. The number of carbonyl (C=O) groups is 1. The quantitative estimate of drug-likeness (QED) is 0.805. The number of fused-ring (bicyclic) bond motifs is 1. The van der Waals surface area contributed by atoms with Crippen molar-refractivity contribution in [3.63, 3.8) is 0 Å². The molecule has 6 heteroatoms. The molecule has 2 aromatic rings. The number of aliphatic imine (C=N–C) groups is 2. The molecule has 25 heavy (non-hydrogen) atoms. The molecule has 0 spiro atoms. The molecule has 1 unspecified atom stereocenters. The Morgan fingerprint density at radius 3 is 2.48 bits per heavy atom. The molecule has 2 aliphatic heterocycles. The van der Waals surface area contributed by atoms with Gasteiger partial charge in [-0.25, -0.2) is 15.0 Å². The zero-order chi connectivity index (χ0) is 17.8. The van der Waals surface area contributed by atoms with Crippen molar-refractivity contribution in [2.75, 3.05) is 4.90 Å². The molecule has 0 N–H and O–H groups in total. The second-order valence-corrected chi connectivity index (χ2v) is 6.91. The zero-order valence-electron chi connectivity index (χ0n) is 14.7. The maximum absolute atomic E-state index is 13.0. The summed E-state index contributed by atoms with van der Waals surface area (Å²) >= 11 is 0. The Kier molecular flexibility index (Phi) is 3.32. The van der Waals surface area contributed by atoms with E-state index in [4.69, 9.17) is 0 Å². The van der Waals surface area contributed by atoms with Crippen LogP contribution in [0.5, 0.6) is 0 Å². The van der Waals surface area contributed by atoms with Crippen LogP contribution in [0.4, 0.5) is 5.69 Å². The Balaban J connectivity index is 1.86. The Morgan fingerprint density at radius 2 is 1.84 bits per heavy atom. The number of aryl methyl sites for hydroxylation is 1. The van der Waals surface area contributed by atoms with E-state index in [1.165, 1.54) is 0 Å². The molecular weight excluding hydrogens is 314 g/mol. The van der Waals surface area contributed by atoms with Gasteiger partial charge in [-0.1, -0.05) is 12.1 Å². The number of anilines is 1. The van der Waals surface area contributed by atoms with Crippen LogP contribution in [0.3, 0.4) is 0 Å². The van der Waals surface area contributed by atoms with Crippen LogP contribution in [0.25, 0.3) is 11.1 Å². The van der Waals surface area contributed by atoms with E-state index in [1.54, 1.807) is 23.5 Å². The third kappa shape index (κ3) is 2.36. The average Bonchev–Trinajstić information content (AvgIpc) is 3.08. The monoisotopic (exact) mass is 333 g/mol. The van der Waals surface area contributed by atoms with Gasteiger partial charge in [0.2, 0.25) is 5.91 Å². The molecule has 0 aliphatic carbocycles. The van der Waals surface area contributed by atoms with E-state index in [0.717, 1.165) is 28.2 Å². The molecule has 0 radical (unpaired) electrons. The van der Waals surface area contributed by atoms with Gasteiger partial charge in [0.25, 0.3) is 0 Å². The Morgan fingerprint density at radius 1 is 1.12 bits per heavy atom. The molecule has 2 aliphatic rings. The number of rotatable bonds is 1. The fourth-order valence-corrected chi connectivity index (χ4v) is 3.25. The van der Waals surface area contributed by atoms with Crippen LogP contribution >= 0.6 is 0 Å². The molecule has 1 atom stereocenters. The molecule has 1 aromatic carbocycles. The topological polar surface area (TPSA) is 70.8 Å². The fraction of sp³-hybridized carbons (Fsp3) is 0.316. The summed E-state index contributed by atoms with van der Waals surface area (Å²) in [4.78, 5) is 32.0. The van der Waals surface area contributed by atoms with Gasteiger partial charge in [0, 0.05) is 18.0 Å². The molecule has 4 rings (SSSR count). The molecule has 126 valence electrons. The summed E-state index contributed by atoms with van der Waals surface area (Å²) in [5.41, 5.74) is 3.14.